The van der Waals surface area contributed by atoms with Crippen molar-refractivity contribution in [3.05, 3.63) is 54.6 Å². The van der Waals surface area contributed by atoms with Gasteiger partial charge in [-0.2, -0.15) is 0 Å². The molecule has 2 amide bonds. The normalized spacial score (nSPS) is 17.5. The first-order valence-corrected chi connectivity index (χ1v) is 9.39. The highest BCUT2D eigenvalue weighted by Gasteiger charge is 2.32. The Bertz CT molecular complexity index is 732. The maximum Gasteiger partial charge on any atom is 0.237 e. The third-order valence-corrected chi connectivity index (χ3v) is 5.02. The van der Waals surface area contributed by atoms with Crippen LogP contribution < -0.4 is 5.32 Å². The number of hydrogen-bond acceptors (Lipinski definition) is 4. The highest BCUT2D eigenvalue weighted by Crippen LogP contribution is 2.12. The van der Waals surface area contributed by atoms with Gasteiger partial charge in [-0.15, -0.1) is 0 Å². The Hall–Kier alpha value is -2.67. The van der Waals surface area contributed by atoms with Crippen molar-refractivity contribution in [1.82, 2.24) is 24.7 Å². The summed E-state index contributed by atoms with van der Waals surface area (Å²) in [5, 5.41) is 2.90. The van der Waals surface area contributed by atoms with Gasteiger partial charge in [-0.25, -0.2) is 4.98 Å². The number of benzene rings is 1. The van der Waals surface area contributed by atoms with E-state index in [2.05, 4.69) is 27.3 Å². The zero-order chi connectivity index (χ0) is 19.1. The minimum atomic E-state index is -0.398. The molecule has 7 nitrogen and oxygen atoms in total. The smallest absolute Gasteiger partial charge is 0.237 e. The van der Waals surface area contributed by atoms with E-state index in [-0.39, 0.29) is 18.2 Å². The minimum Gasteiger partial charge on any atom is -0.353 e. The number of hydrogen-bond donors (Lipinski definition) is 1. The number of nitrogens with one attached hydrogen (secondary N) is 1. The summed E-state index contributed by atoms with van der Waals surface area (Å²) in [6, 6.07) is 9.83. The van der Waals surface area contributed by atoms with Gasteiger partial charge in [0.15, 0.2) is 0 Å². The van der Waals surface area contributed by atoms with Crippen molar-refractivity contribution in [3.63, 3.8) is 0 Å². The molecule has 1 aliphatic heterocycles. The molecule has 2 heterocycles. The average molecular weight is 369 g/mol. The second-order valence-electron chi connectivity index (χ2n) is 6.90. The summed E-state index contributed by atoms with van der Waals surface area (Å²) in [5.74, 6) is -0.0625. The van der Waals surface area contributed by atoms with Crippen LogP contribution in [0.4, 0.5) is 0 Å². The van der Waals surface area contributed by atoms with Gasteiger partial charge in [-0.05, 0) is 12.0 Å². The molecule has 1 aromatic heterocycles. The third-order valence-electron chi connectivity index (χ3n) is 5.02. The molecule has 0 saturated carbocycles. The van der Waals surface area contributed by atoms with Crippen molar-refractivity contribution >= 4 is 11.8 Å². The number of carbonyl (C=O) groups excluding carboxylic acids is 2. The fourth-order valence-corrected chi connectivity index (χ4v) is 3.30. The molecule has 144 valence electrons. The van der Waals surface area contributed by atoms with Gasteiger partial charge in [0.05, 0.1) is 18.8 Å². The summed E-state index contributed by atoms with van der Waals surface area (Å²) in [6.07, 6.45) is 6.41. The lowest BCUT2D eigenvalue weighted by Gasteiger charge is -2.35. The predicted octanol–water partition coefficient (Wildman–Crippen LogP) is 0.775. The fraction of sp³-hybridized carbons (Fsp3) is 0.450. The highest BCUT2D eigenvalue weighted by molar-refractivity contribution is 5.88. The Morgan fingerprint density at radius 2 is 2.11 bits per heavy atom. The molecule has 1 aliphatic rings. The van der Waals surface area contributed by atoms with E-state index in [0.29, 0.717) is 19.6 Å². The van der Waals surface area contributed by atoms with Crippen LogP contribution >= 0.6 is 0 Å². The number of rotatable bonds is 8. The van der Waals surface area contributed by atoms with Gasteiger partial charge in [0.2, 0.25) is 11.8 Å². The molecule has 1 N–H and O–H groups in total. The average Bonchev–Trinajstić information content (AvgIpc) is 3.21. The molecule has 1 aromatic carbocycles. The van der Waals surface area contributed by atoms with Crippen LogP contribution in [0.25, 0.3) is 0 Å². The van der Waals surface area contributed by atoms with Crippen LogP contribution in [-0.4, -0.2) is 70.4 Å². The van der Waals surface area contributed by atoms with E-state index in [9.17, 15) is 9.59 Å². The monoisotopic (exact) mass is 369 g/mol. The standard InChI is InChI=1S/C20H27N5O2/c1-23(13-14-24-11-8-21-16-24)19(26)15-18-20(27)22-9-12-25(18)10-7-17-5-3-2-4-6-17/h2-6,8,11,16,18H,7,9-10,12-15H2,1H3,(H,22,27). The van der Waals surface area contributed by atoms with Crippen molar-refractivity contribution in [3.8, 4) is 0 Å². The van der Waals surface area contributed by atoms with Crippen LogP contribution in [0.2, 0.25) is 0 Å². The Balaban J connectivity index is 1.54. The molecular formula is C20H27N5O2. The lowest BCUT2D eigenvalue weighted by atomic mass is 10.1. The third kappa shape index (κ3) is 5.40. The van der Waals surface area contributed by atoms with Gasteiger partial charge in [0.25, 0.3) is 0 Å². The molecule has 0 aliphatic carbocycles. The molecule has 1 fully saturated rings. The number of likely N-dealkylation sites (N-methyl/N-ethyl adjacent to an activating group) is 1. The lowest BCUT2D eigenvalue weighted by molar-refractivity contribution is -0.138. The van der Waals surface area contributed by atoms with Crippen molar-refractivity contribution in [2.45, 2.75) is 25.4 Å². The van der Waals surface area contributed by atoms with Crippen LogP contribution in [-0.2, 0) is 22.6 Å². The largest absolute Gasteiger partial charge is 0.353 e. The van der Waals surface area contributed by atoms with Gasteiger partial charge in [-0.3, -0.25) is 14.5 Å². The number of aromatic nitrogens is 2. The summed E-state index contributed by atoms with van der Waals surface area (Å²) in [6.45, 7) is 3.46. The summed E-state index contributed by atoms with van der Waals surface area (Å²) in [4.78, 5) is 32.8. The molecule has 27 heavy (non-hydrogen) atoms. The second kappa shape index (κ2) is 9.32. The molecule has 1 atom stereocenters. The van der Waals surface area contributed by atoms with Crippen LogP contribution in [0.3, 0.4) is 0 Å². The quantitative estimate of drug-likeness (QED) is 0.746. The molecule has 1 saturated heterocycles. The van der Waals surface area contributed by atoms with Crippen LogP contribution in [0, 0.1) is 0 Å². The zero-order valence-electron chi connectivity index (χ0n) is 15.8. The molecule has 0 radical (unpaired) electrons. The van der Waals surface area contributed by atoms with E-state index in [4.69, 9.17) is 0 Å². The van der Waals surface area contributed by atoms with Gasteiger partial charge < -0.3 is 14.8 Å². The molecule has 1 unspecified atom stereocenters. The molecule has 3 rings (SSSR count). The second-order valence-corrected chi connectivity index (χ2v) is 6.90. The lowest BCUT2D eigenvalue weighted by Crippen LogP contribution is -2.57. The molecule has 0 spiro atoms. The van der Waals surface area contributed by atoms with Gasteiger partial charge in [0.1, 0.15) is 0 Å². The topological polar surface area (TPSA) is 70.5 Å². The van der Waals surface area contributed by atoms with E-state index in [1.807, 2.05) is 29.0 Å². The number of nitrogens with zero attached hydrogens (tertiary/aromatic N) is 4. The maximum atomic E-state index is 12.6. The zero-order valence-corrected chi connectivity index (χ0v) is 15.8. The van der Waals surface area contributed by atoms with E-state index in [1.165, 1.54) is 5.56 Å². The Morgan fingerprint density at radius 1 is 1.30 bits per heavy atom. The summed E-state index contributed by atoms with van der Waals surface area (Å²) in [5.41, 5.74) is 1.24. The minimum absolute atomic E-state index is 0.0122. The first-order valence-electron chi connectivity index (χ1n) is 9.39. The molecular weight excluding hydrogens is 342 g/mol. The summed E-state index contributed by atoms with van der Waals surface area (Å²) >= 11 is 0. The SMILES string of the molecule is CN(CCn1ccnc1)C(=O)CC1C(=O)NCCN1CCc1ccccc1. The number of imidazole rings is 1. The predicted molar refractivity (Wildman–Crippen MR) is 103 cm³/mol. The Labute approximate surface area is 160 Å². The highest BCUT2D eigenvalue weighted by atomic mass is 16.2. The Morgan fingerprint density at radius 3 is 2.85 bits per heavy atom. The fourth-order valence-electron chi connectivity index (χ4n) is 3.30. The van der Waals surface area contributed by atoms with Gasteiger partial charge in [0, 0.05) is 52.2 Å². The molecule has 2 aromatic rings. The van der Waals surface area contributed by atoms with Crippen molar-refractivity contribution in [1.29, 1.82) is 0 Å². The van der Waals surface area contributed by atoms with Crippen LogP contribution in [0.5, 0.6) is 0 Å². The van der Waals surface area contributed by atoms with Crippen molar-refractivity contribution in [2.24, 2.45) is 0 Å². The van der Waals surface area contributed by atoms with Crippen molar-refractivity contribution < 1.29 is 9.59 Å². The number of piperazine rings is 1. The van der Waals surface area contributed by atoms with E-state index >= 15 is 0 Å². The van der Waals surface area contributed by atoms with Crippen LogP contribution in [0.1, 0.15) is 12.0 Å². The molecule has 0 bridgehead atoms. The number of carbonyl (C=O) groups is 2. The first-order chi connectivity index (χ1) is 13.1. The Kier molecular flexibility index (Phi) is 6.59. The molecule has 7 heteroatoms. The van der Waals surface area contributed by atoms with Gasteiger partial charge in [-0.1, -0.05) is 30.3 Å². The van der Waals surface area contributed by atoms with Crippen molar-refractivity contribution in [2.75, 3.05) is 33.2 Å². The summed E-state index contributed by atoms with van der Waals surface area (Å²) in [7, 11) is 1.79. The van der Waals surface area contributed by atoms with Crippen LogP contribution in [0.15, 0.2) is 49.1 Å². The van der Waals surface area contributed by atoms with Gasteiger partial charge >= 0.3 is 0 Å². The number of amides is 2. The first kappa shape index (κ1) is 19.1. The maximum absolute atomic E-state index is 12.6. The van der Waals surface area contributed by atoms with E-state index in [0.717, 1.165) is 19.5 Å². The summed E-state index contributed by atoms with van der Waals surface area (Å²) < 4.78 is 1.93. The van der Waals surface area contributed by atoms with E-state index in [1.54, 1.807) is 24.5 Å². The van der Waals surface area contributed by atoms with E-state index < -0.39 is 6.04 Å².